The third-order valence-electron chi connectivity index (χ3n) is 2.36. The minimum atomic E-state index is -0.308. The average molecular weight is 258 g/mol. The molecule has 0 spiro atoms. The first-order chi connectivity index (χ1) is 9.28. The maximum Gasteiger partial charge on any atom is 0.319 e. The molecule has 0 aliphatic heterocycles. The van der Waals surface area contributed by atoms with Crippen LogP contribution in [-0.4, -0.2) is 23.1 Å². The SMILES string of the molecule is COc1ncc(NC(=O)NCc2ccccc2)cn1. The Balaban J connectivity index is 1.83. The third kappa shape index (κ3) is 3.95. The zero-order valence-corrected chi connectivity index (χ0v) is 10.5. The zero-order valence-electron chi connectivity index (χ0n) is 10.5. The van der Waals surface area contributed by atoms with Gasteiger partial charge in [-0.15, -0.1) is 0 Å². The second kappa shape index (κ2) is 6.34. The monoisotopic (exact) mass is 258 g/mol. The summed E-state index contributed by atoms with van der Waals surface area (Å²) in [6.07, 6.45) is 2.96. The van der Waals surface area contributed by atoms with Gasteiger partial charge in [0.2, 0.25) is 0 Å². The summed E-state index contributed by atoms with van der Waals surface area (Å²) < 4.78 is 4.83. The molecule has 0 saturated carbocycles. The van der Waals surface area contributed by atoms with E-state index in [2.05, 4.69) is 20.6 Å². The van der Waals surface area contributed by atoms with E-state index in [1.54, 1.807) is 0 Å². The predicted octanol–water partition coefficient (Wildman–Crippen LogP) is 1.81. The molecule has 1 aromatic heterocycles. The number of carbonyl (C=O) groups excluding carboxylic acids is 1. The van der Waals surface area contributed by atoms with Crippen LogP contribution in [0.15, 0.2) is 42.7 Å². The molecular formula is C13H14N4O2. The van der Waals surface area contributed by atoms with Crippen LogP contribution >= 0.6 is 0 Å². The first kappa shape index (κ1) is 12.8. The van der Waals surface area contributed by atoms with E-state index in [1.807, 2.05) is 30.3 Å². The number of nitrogens with one attached hydrogen (secondary N) is 2. The van der Waals surface area contributed by atoms with E-state index < -0.39 is 0 Å². The maximum absolute atomic E-state index is 11.6. The van der Waals surface area contributed by atoms with E-state index in [9.17, 15) is 4.79 Å². The Bertz CT molecular complexity index is 528. The highest BCUT2D eigenvalue weighted by Gasteiger charge is 2.02. The lowest BCUT2D eigenvalue weighted by Gasteiger charge is -2.07. The maximum atomic E-state index is 11.6. The Morgan fingerprint density at radius 1 is 1.21 bits per heavy atom. The number of carbonyl (C=O) groups is 1. The molecule has 6 heteroatoms. The Morgan fingerprint density at radius 2 is 1.89 bits per heavy atom. The van der Waals surface area contributed by atoms with Gasteiger partial charge in [-0.1, -0.05) is 30.3 Å². The molecule has 2 rings (SSSR count). The van der Waals surface area contributed by atoms with E-state index in [4.69, 9.17) is 4.74 Å². The molecule has 0 radical (unpaired) electrons. The topological polar surface area (TPSA) is 76.1 Å². The molecular weight excluding hydrogens is 244 g/mol. The molecule has 1 aromatic carbocycles. The highest BCUT2D eigenvalue weighted by Crippen LogP contribution is 2.06. The van der Waals surface area contributed by atoms with Crippen molar-refractivity contribution in [3.05, 3.63) is 48.3 Å². The van der Waals surface area contributed by atoms with Gasteiger partial charge in [0.05, 0.1) is 25.2 Å². The number of nitrogens with zero attached hydrogens (tertiary/aromatic N) is 2. The fraction of sp³-hybridized carbons (Fsp3) is 0.154. The van der Waals surface area contributed by atoms with Gasteiger partial charge in [-0.05, 0) is 5.56 Å². The fourth-order valence-electron chi connectivity index (χ4n) is 1.44. The van der Waals surface area contributed by atoms with Crippen molar-refractivity contribution in [1.82, 2.24) is 15.3 Å². The number of urea groups is 1. The molecule has 2 amide bonds. The number of amides is 2. The Morgan fingerprint density at radius 3 is 2.53 bits per heavy atom. The van der Waals surface area contributed by atoms with E-state index in [1.165, 1.54) is 19.5 Å². The van der Waals surface area contributed by atoms with Crippen LogP contribution in [0.2, 0.25) is 0 Å². The Kier molecular flexibility index (Phi) is 4.28. The van der Waals surface area contributed by atoms with Gasteiger partial charge in [-0.2, -0.15) is 0 Å². The summed E-state index contributed by atoms with van der Waals surface area (Å²) in [5.74, 6) is 0. The molecule has 98 valence electrons. The molecule has 2 aromatic rings. The van der Waals surface area contributed by atoms with Gasteiger partial charge in [0, 0.05) is 6.54 Å². The number of benzene rings is 1. The molecule has 2 N–H and O–H groups in total. The van der Waals surface area contributed by atoms with Crippen LogP contribution in [0.3, 0.4) is 0 Å². The van der Waals surface area contributed by atoms with Gasteiger partial charge in [0.15, 0.2) is 0 Å². The van der Waals surface area contributed by atoms with Crippen LogP contribution < -0.4 is 15.4 Å². The second-order valence-corrected chi connectivity index (χ2v) is 3.75. The minimum absolute atomic E-state index is 0.259. The number of hydrogen-bond donors (Lipinski definition) is 2. The van der Waals surface area contributed by atoms with Crippen molar-refractivity contribution in [2.45, 2.75) is 6.54 Å². The van der Waals surface area contributed by atoms with Crippen LogP contribution in [0, 0.1) is 0 Å². The number of rotatable bonds is 4. The highest BCUT2D eigenvalue weighted by molar-refractivity contribution is 5.88. The third-order valence-corrected chi connectivity index (χ3v) is 2.36. The molecule has 0 saturated heterocycles. The lowest BCUT2D eigenvalue weighted by Crippen LogP contribution is -2.28. The summed E-state index contributed by atoms with van der Waals surface area (Å²) in [5.41, 5.74) is 1.54. The summed E-state index contributed by atoms with van der Waals surface area (Å²) in [6, 6.07) is 9.61. The van der Waals surface area contributed by atoms with Crippen LogP contribution in [-0.2, 0) is 6.54 Å². The van der Waals surface area contributed by atoms with Gasteiger partial charge in [-0.25, -0.2) is 14.8 Å². The fourth-order valence-corrected chi connectivity index (χ4v) is 1.44. The van der Waals surface area contributed by atoms with Crippen molar-refractivity contribution in [2.24, 2.45) is 0 Å². The Hall–Kier alpha value is -2.63. The number of hydrogen-bond acceptors (Lipinski definition) is 4. The number of methoxy groups -OCH3 is 1. The van der Waals surface area contributed by atoms with Crippen LogP contribution in [0.4, 0.5) is 10.5 Å². The van der Waals surface area contributed by atoms with E-state index in [0.717, 1.165) is 5.56 Å². The quantitative estimate of drug-likeness (QED) is 0.876. The molecule has 0 atom stereocenters. The van der Waals surface area contributed by atoms with Gasteiger partial charge < -0.3 is 15.4 Å². The highest BCUT2D eigenvalue weighted by atomic mass is 16.5. The predicted molar refractivity (Wildman–Crippen MR) is 70.9 cm³/mol. The van der Waals surface area contributed by atoms with E-state index in [0.29, 0.717) is 12.2 Å². The lowest BCUT2D eigenvalue weighted by molar-refractivity contribution is 0.251. The summed E-state index contributed by atoms with van der Waals surface area (Å²) in [4.78, 5) is 19.4. The molecule has 1 heterocycles. The molecule has 0 bridgehead atoms. The van der Waals surface area contributed by atoms with E-state index in [-0.39, 0.29) is 12.0 Å². The van der Waals surface area contributed by atoms with Crippen LogP contribution in [0.5, 0.6) is 6.01 Å². The minimum Gasteiger partial charge on any atom is -0.467 e. The molecule has 6 nitrogen and oxygen atoms in total. The second-order valence-electron chi connectivity index (χ2n) is 3.75. The van der Waals surface area contributed by atoms with Gasteiger partial charge >= 0.3 is 12.0 Å². The van der Waals surface area contributed by atoms with Crippen molar-refractivity contribution in [2.75, 3.05) is 12.4 Å². The van der Waals surface area contributed by atoms with Crippen molar-refractivity contribution < 1.29 is 9.53 Å². The van der Waals surface area contributed by atoms with Crippen molar-refractivity contribution in [3.63, 3.8) is 0 Å². The summed E-state index contributed by atoms with van der Waals surface area (Å²) >= 11 is 0. The number of anilines is 1. The van der Waals surface area contributed by atoms with Crippen LogP contribution in [0.1, 0.15) is 5.56 Å². The van der Waals surface area contributed by atoms with E-state index >= 15 is 0 Å². The number of ether oxygens (including phenoxy) is 1. The molecule has 0 aliphatic carbocycles. The molecule has 0 aliphatic rings. The molecule has 0 unspecified atom stereocenters. The summed E-state index contributed by atoms with van der Waals surface area (Å²) in [6.45, 7) is 0.462. The van der Waals surface area contributed by atoms with Crippen molar-refractivity contribution in [3.8, 4) is 6.01 Å². The smallest absolute Gasteiger partial charge is 0.319 e. The zero-order chi connectivity index (χ0) is 13.5. The average Bonchev–Trinajstić information content (AvgIpc) is 2.47. The largest absolute Gasteiger partial charge is 0.467 e. The standard InChI is InChI=1S/C13H14N4O2/c1-19-13-15-8-11(9-16-13)17-12(18)14-7-10-5-3-2-4-6-10/h2-6,8-9H,7H2,1H3,(H2,14,17,18). The number of aromatic nitrogens is 2. The van der Waals surface area contributed by atoms with Gasteiger partial charge in [-0.3, -0.25) is 0 Å². The van der Waals surface area contributed by atoms with Gasteiger partial charge in [0.25, 0.3) is 0 Å². The Labute approximate surface area is 110 Å². The normalized spacial score (nSPS) is 9.74. The molecule has 0 fully saturated rings. The van der Waals surface area contributed by atoms with Crippen molar-refractivity contribution in [1.29, 1.82) is 0 Å². The lowest BCUT2D eigenvalue weighted by atomic mass is 10.2. The first-order valence-corrected chi connectivity index (χ1v) is 5.73. The van der Waals surface area contributed by atoms with Crippen molar-refractivity contribution >= 4 is 11.7 Å². The molecule has 19 heavy (non-hydrogen) atoms. The summed E-state index contributed by atoms with van der Waals surface area (Å²) in [7, 11) is 1.48. The van der Waals surface area contributed by atoms with Crippen LogP contribution in [0.25, 0.3) is 0 Å². The first-order valence-electron chi connectivity index (χ1n) is 5.73. The summed E-state index contributed by atoms with van der Waals surface area (Å²) in [5, 5.41) is 5.37. The van der Waals surface area contributed by atoms with Gasteiger partial charge in [0.1, 0.15) is 0 Å².